The van der Waals surface area contributed by atoms with Crippen molar-refractivity contribution in [2.75, 3.05) is 27.2 Å². The molecule has 126 valence electrons. The molecule has 1 aliphatic heterocycles. The summed E-state index contributed by atoms with van der Waals surface area (Å²) in [6, 6.07) is -0.0344. The van der Waals surface area contributed by atoms with E-state index in [0.717, 1.165) is 0 Å². The Morgan fingerprint density at radius 2 is 2.04 bits per heavy atom. The molecule has 9 heteroatoms. The van der Waals surface area contributed by atoms with Crippen molar-refractivity contribution in [2.24, 2.45) is 5.92 Å². The number of hydrogen-bond donors (Lipinski definition) is 2. The number of aromatic carboxylic acids is 1. The number of likely N-dealkylation sites (tertiary alicyclic amines) is 1. The summed E-state index contributed by atoms with van der Waals surface area (Å²) in [5.74, 6) is -1.27. The fourth-order valence-corrected chi connectivity index (χ4v) is 3.12. The number of rotatable bonds is 4. The molecule has 0 radical (unpaired) electrons. The Balaban J connectivity index is 1.78. The van der Waals surface area contributed by atoms with Gasteiger partial charge in [0, 0.05) is 38.5 Å². The summed E-state index contributed by atoms with van der Waals surface area (Å²) in [7, 11) is 3.42. The number of thiazole rings is 1. The lowest BCUT2D eigenvalue weighted by atomic mass is 9.96. The lowest BCUT2D eigenvalue weighted by molar-refractivity contribution is -0.126. The number of nitrogens with one attached hydrogen (secondary N) is 1. The van der Waals surface area contributed by atoms with Crippen LogP contribution in [0.25, 0.3) is 0 Å². The minimum atomic E-state index is -1.07. The Bertz CT molecular complexity index is 593. The first-order valence-electron chi connectivity index (χ1n) is 7.30. The third kappa shape index (κ3) is 4.41. The first-order valence-corrected chi connectivity index (χ1v) is 8.18. The van der Waals surface area contributed by atoms with Crippen LogP contribution in [-0.4, -0.2) is 65.0 Å². The maximum absolute atomic E-state index is 12.2. The highest BCUT2D eigenvalue weighted by Crippen LogP contribution is 2.18. The van der Waals surface area contributed by atoms with E-state index in [9.17, 15) is 14.4 Å². The Morgan fingerprint density at radius 1 is 1.39 bits per heavy atom. The van der Waals surface area contributed by atoms with Gasteiger partial charge in [-0.3, -0.25) is 4.79 Å². The number of amides is 3. The maximum Gasteiger partial charge on any atom is 0.355 e. The number of hydrogen-bond acceptors (Lipinski definition) is 5. The van der Waals surface area contributed by atoms with Gasteiger partial charge in [-0.05, 0) is 12.8 Å². The molecule has 1 aliphatic rings. The van der Waals surface area contributed by atoms with Crippen LogP contribution in [0.3, 0.4) is 0 Å². The number of carboxylic acid groups (broad SMARTS) is 1. The van der Waals surface area contributed by atoms with Crippen LogP contribution >= 0.6 is 11.3 Å². The number of carbonyl (C=O) groups is 3. The van der Waals surface area contributed by atoms with E-state index >= 15 is 0 Å². The molecule has 0 saturated carbocycles. The topological polar surface area (TPSA) is 103 Å². The van der Waals surface area contributed by atoms with Crippen LogP contribution in [0.5, 0.6) is 0 Å². The number of aromatic nitrogens is 1. The highest BCUT2D eigenvalue weighted by Gasteiger charge is 2.27. The molecule has 8 nitrogen and oxygen atoms in total. The van der Waals surface area contributed by atoms with Crippen molar-refractivity contribution >= 4 is 29.2 Å². The molecular formula is C14H20N4O4S. The Morgan fingerprint density at radius 3 is 2.57 bits per heavy atom. The van der Waals surface area contributed by atoms with Crippen LogP contribution in [0, 0.1) is 5.92 Å². The van der Waals surface area contributed by atoms with Gasteiger partial charge in [0.05, 0.1) is 6.54 Å². The van der Waals surface area contributed by atoms with E-state index in [4.69, 9.17) is 5.11 Å². The molecule has 1 fully saturated rings. The molecule has 2 N–H and O–H groups in total. The highest BCUT2D eigenvalue weighted by molar-refractivity contribution is 7.09. The zero-order valence-electron chi connectivity index (χ0n) is 13.1. The van der Waals surface area contributed by atoms with Crippen LogP contribution in [0.2, 0.25) is 0 Å². The molecule has 2 rings (SSSR count). The fraction of sp³-hybridized carbons (Fsp3) is 0.571. The second-order valence-electron chi connectivity index (χ2n) is 5.59. The third-order valence-electron chi connectivity index (χ3n) is 3.70. The molecule has 1 aromatic rings. The number of piperidine rings is 1. The van der Waals surface area contributed by atoms with E-state index in [-0.39, 0.29) is 30.1 Å². The van der Waals surface area contributed by atoms with Crippen molar-refractivity contribution in [1.82, 2.24) is 20.1 Å². The molecule has 1 aromatic heterocycles. The van der Waals surface area contributed by atoms with Crippen LogP contribution in [0.15, 0.2) is 5.38 Å². The molecule has 23 heavy (non-hydrogen) atoms. The maximum atomic E-state index is 12.2. The monoisotopic (exact) mass is 340 g/mol. The Kier molecular flexibility index (Phi) is 5.54. The van der Waals surface area contributed by atoms with Crippen molar-refractivity contribution in [3.8, 4) is 0 Å². The van der Waals surface area contributed by atoms with Gasteiger partial charge >= 0.3 is 12.0 Å². The van der Waals surface area contributed by atoms with Gasteiger partial charge in [0.1, 0.15) is 5.01 Å². The highest BCUT2D eigenvalue weighted by atomic mass is 32.1. The second-order valence-corrected chi connectivity index (χ2v) is 6.53. The average Bonchev–Trinajstić information content (AvgIpc) is 3.01. The molecule has 3 amide bonds. The SMILES string of the molecule is CN(C)C(=O)N1CCC(C(=O)NCc2nc(C(=O)O)cs2)CC1. The van der Waals surface area contributed by atoms with Gasteiger partial charge in [-0.25, -0.2) is 14.6 Å². The summed E-state index contributed by atoms with van der Waals surface area (Å²) < 4.78 is 0. The summed E-state index contributed by atoms with van der Waals surface area (Å²) in [4.78, 5) is 41.9. The van der Waals surface area contributed by atoms with E-state index in [0.29, 0.717) is 30.9 Å². The van der Waals surface area contributed by atoms with E-state index in [1.807, 2.05) is 0 Å². The first kappa shape index (κ1) is 17.2. The minimum Gasteiger partial charge on any atom is -0.476 e. The van der Waals surface area contributed by atoms with Crippen molar-refractivity contribution in [2.45, 2.75) is 19.4 Å². The van der Waals surface area contributed by atoms with Gasteiger partial charge in [0.25, 0.3) is 0 Å². The zero-order valence-corrected chi connectivity index (χ0v) is 13.9. The van der Waals surface area contributed by atoms with Gasteiger partial charge in [0.2, 0.25) is 5.91 Å². The number of nitrogens with zero attached hydrogens (tertiary/aromatic N) is 3. The molecule has 0 aromatic carbocycles. The molecule has 0 unspecified atom stereocenters. The molecule has 2 heterocycles. The molecule has 1 saturated heterocycles. The van der Waals surface area contributed by atoms with Gasteiger partial charge in [-0.15, -0.1) is 11.3 Å². The fourth-order valence-electron chi connectivity index (χ4n) is 2.41. The summed E-state index contributed by atoms with van der Waals surface area (Å²) in [6.45, 7) is 1.36. The van der Waals surface area contributed by atoms with Crippen LogP contribution in [-0.2, 0) is 11.3 Å². The van der Waals surface area contributed by atoms with Crippen molar-refractivity contribution in [3.05, 3.63) is 16.1 Å². The summed E-state index contributed by atoms with van der Waals surface area (Å²) in [5.41, 5.74) is -0.00486. The molecular weight excluding hydrogens is 320 g/mol. The third-order valence-corrected chi connectivity index (χ3v) is 4.55. The molecule has 0 bridgehead atoms. The predicted molar refractivity (Wildman–Crippen MR) is 84.3 cm³/mol. The van der Waals surface area contributed by atoms with Crippen LogP contribution in [0.1, 0.15) is 28.3 Å². The second kappa shape index (κ2) is 7.40. The summed E-state index contributed by atoms with van der Waals surface area (Å²) >= 11 is 1.21. The van der Waals surface area contributed by atoms with E-state index in [1.54, 1.807) is 19.0 Å². The lowest BCUT2D eigenvalue weighted by Crippen LogP contribution is -2.46. The molecule has 0 aliphatic carbocycles. The lowest BCUT2D eigenvalue weighted by Gasteiger charge is -2.33. The number of carboxylic acids is 1. The average molecular weight is 340 g/mol. The predicted octanol–water partition coefficient (Wildman–Crippen LogP) is 0.851. The van der Waals surface area contributed by atoms with Gasteiger partial charge in [-0.1, -0.05) is 0 Å². The molecule has 0 atom stereocenters. The summed E-state index contributed by atoms with van der Waals surface area (Å²) in [6.07, 6.45) is 1.26. The van der Waals surface area contributed by atoms with Crippen LogP contribution < -0.4 is 5.32 Å². The number of urea groups is 1. The van der Waals surface area contributed by atoms with Crippen molar-refractivity contribution in [3.63, 3.8) is 0 Å². The summed E-state index contributed by atoms with van der Waals surface area (Å²) in [5, 5.41) is 13.6. The van der Waals surface area contributed by atoms with E-state index in [2.05, 4.69) is 10.3 Å². The Hall–Kier alpha value is -2.16. The van der Waals surface area contributed by atoms with Gasteiger partial charge in [-0.2, -0.15) is 0 Å². The van der Waals surface area contributed by atoms with E-state index < -0.39 is 5.97 Å². The van der Waals surface area contributed by atoms with Gasteiger partial charge in [0.15, 0.2) is 5.69 Å². The van der Waals surface area contributed by atoms with E-state index in [1.165, 1.54) is 21.6 Å². The minimum absolute atomic E-state index is 0.00486. The quantitative estimate of drug-likeness (QED) is 0.846. The van der Waals surface area contributed by atoms with Crippen LogP contribution in [0.4, 0.5) is 4.79 Å². The zero-order chi connectivity index (χ0) is 17.0. The largest absolute Gasteiger partial charge is 0.476 e. The Labute approximate surface area is 138 Å². The number of carbonyl (C=O) groups excluding carboxylic acids is 2. The standard InChI is InChI=1S/C14H20N4O4S/c1-17(2)14(22)18-5-3-9(4-6-18)12(19)15-7-11-16-10(8-23-11)13(20)21/h8-9H,3-7H2,1-2H3,(H,15,19)(H,20,21). The smallest absolute Gasteiger partial charge is 0.355 e. The first-order chi connectivity index (χ1) is 10.9. The normalized spacial score (nSPS) is 15.3. The molecule has 0 spiro atoms. The van der Waals surface area contributed by atoms with Gasteiger partial charge < -0.3 is 20.2 Å². The van der Waals surface area contributed by atoms with Crippen molar-refractivity contribution < 1.29 is 19.5 Å². The van der Waals surface area contributed by atoms with Crippen molar-refractivity contribution in [1.29, 1.82) is 0 Å².